The van der Waals surface area contributed by atoms with Gasteiger partial charge in [0.15, 0.2) is 0 Å². The summed E-state index contributed by atoms with van der Waals surface area (Å²) in [6.07, 6.45) is 0.936. The fraction of sp³-hybridized carbons (Fsp3) is 1.00. The molecule has 0 aliphatic rings. The van der Waals surface area contributed by atoms with Gasteiger partial charge in [0.1, 0.15) is 0 Å². The Balaban J connectivity index is 3.80. The molecule has 0 saturated heterocycles. The van der Waals surface area contributed by atoms with Gasteiger partial charge in [-0.25, -0.2) is 0 Å². The molecule has 0 atom stereocenters. The van der Waals surface area contributed by atoms with Gasteiger partial charge < -0.3 is 18.5 Å². The third kappa shape index (κ3) is 8.31. The van der Waals surface area contributed by atoms with Crippen molar-refractivity contribution in [3.05, 3.63) is 0 Å². The van der Waals surface area contributed by atoms with Crippen LogP contribution in [0, 0.1) is 0 Å². The van der Waals surface area contributed by atoms with E-state index in [1.807, 2.05) is 27.9 Å². The minimum atomic E-state index is -2.46. The molecule has 0 amide bonds. The van der Waals surface area contributed by atoms with Crippen LogP contribution in [0.15, 0.2) is 0 Å². The summed E-state index contributed by atoms with van der Waals surface area (Å²) in [6.45, 7) is 3.96. The van der Waals surface area contributed by atoms with E-state index in [2.05, 4.69) is 4.90 Å². The second kappa shape index (κ2) is 8.62. The Morgan fingerprint density at radius 2 is 1.60 bits per heavy atom. The SMILES string of the molecule is CCOP(=S)(OCC)OCCCN(C)C. The fourth-order valence-corrected chi connectivity index (χ4v) is 3.05. The first kappa shape index (κ1) is 15.5. The van der Waals surface area contributed by atoms with Gasteiger partial charge in [0.25, 0.3) is 0 Å². The molecule has 0 heterocycles. The maximum atomic E-state index is 5.52. The smallest absolute Gasteiger partial charge is 0.309 e. The lowest BCUT2D eigenvalue weighted by molar-refractivity contribution is 0.162. The highest BCUT2D eigenvalue weighted by molar-refractivity contribution is 8.07. The largest absolute Gasteiger partial charge is 0.327 e. The zero-order valence-electron chi connectivity index (χ0n) is 10.1. The van der Waals surface area contributed by atoms with Crippen LogP contribution >= 0.6 is 6.72 Å². The van der Waals surface area contributed by atoms with Gasteiger partial charge in [0.05, 0.1) is 19.8 Å². The van der Waals surface area contributed by atoms with Crippen LogP contribution in [0.5, 0.6) is 0 Å². The molecule has 0 aliphatic carbocycles. The summed E-state index contributed by atoms with van der Waals surface area (Å²) in [5, 5.41) is 0. The van der Waals surface area contributed by atoms with Crippen molar-refractivity contribution < 1.29 is 13.6 Å². The maximum Gasteiger partial charge on any atom is 0.327 e. The van der Waals surface area contributed by atoms with E-state index >= 15 is 0 Å². The van der Waals surface area contributed by atoms with Crippen molar-refractivity contribution in [2.45, 2.75) is 20.3 Å². The number of rotatable bonds is 9. The van der Waals surface area contributed by atoms with Crippen LogP contribution in [0.25, 0.3) is 0 Å². The van der Waals surface area contributed by atoms with Crippen molar-refractivity contribution in [1.29, 1.82) is 0 Å². The lowest BCUT2D eigenvalue weighted by atomic mass is 10.4. The summed E-state index contributed by atoms with van der Waals surface area (Å²) in [5.41, 5.74) is 0. The Morgan fingerprint density at radius 3 is 2.00 bits per heavy atom. The van der Waals surface area contributed by atoms with E-state index in [1.54, 1.807) is 0 Å². The molecule has 0 spiro atoms. The third-order valence-electron chi connectivity index (χ3n) is 1.57. The molecular formula is C9H22NO3PS. The van der Waals surface area contributed by atoms with Gasteiger partial charge in [0, 0.05) is 0 Å². The molecular weight excluding hydrogens is 233 g/mol. The fourth-order valence-electron chi connectivity index (χ4n) is 0.985. The van der Waals surface area contributed by atoms with Gasteiger partial charge in [-0.2, -0.15) is 0 Å². The molecule has 6 heteroatoms. The molecule has 0 N–H and O–H groups in total. The number of nitrogens with zero attached hydrogens (tertiary/aromatic N) is 1. The van der Waals surface area contributed by atoms with E-state index in [-0.39, 0.29) is 0 Å². The molecule has 92 valence electrons. The van der Waals surface area contributed by atoms with E-state index in [9.17, 15) is 0 Å². The van der Waals surface area contributed by atoms with Crippen LogP contribution < -0.4 is 0 Å². The maximum absolute atomic E-state index is 5.52. The molecule has 4 nitrogen and oxygen atoms in total. The quantitative estimate of drug-likeness (QED) is 0.466. The lowest BCUT2D eigenvalue weighted by Crippen LogP contribution is -2.14. The van der Waals surface area contributed by atoms with E-state index in [4.69, 9.17) is 25.4 Å². The molecule has 0 bridgehead atoms. The van der Waals surface area contributed by atoms with Crippen molar-refractivity contribution in [1.82, 2.24) is 4.90 Å². The van der Waals surface area contributed by atoms with Crippen molar-refractivity contribution in [2.75, 3.05) is 40.5 Å². The van der Waals surface area contributed by atoms with Crippen LogP contribution in [-0.4, -0.2) is 45.4 Å². The minimum Gasteiger partial charge on any atom is -0.309 e. The molecule has 15 heavy (non-hydrogen) atoms. The average molecular weight is 255 g/mol. The Kier molecular flexibility index (Phi) is 8.90. The van der Waals surface area contributed by atoms with Crippen LogP contribution in [0.3, 0.4) is 0 Å². The van der Waals surface area contributed by atoms with E-state index in [0.29, 0.717) is 19.8 Å². The third-order valence-corrected chi connectivity index (χ3v) is 4.17. The first-order valence-electron chi connectivity index (χ1n) is 5.22. The van der Waals surface area contributed by atoms with Crippen molar-refractivity contribution >= 4 is 18.5 Å². The molecule has 0 unspecified atom stereocenters. The monoisotopic (exact) mass is 255 g/mol. The Hall–Kier alpha value is 0.490. The summed E-state index contributed by atoms with van der Waals surface area (Å²) in [7, 11) is 4.06. The predicted molar refractivity (Wildman–Crippen MR) is 66.7 cm³/mol. The van der Waals surface area contributed by atoms with Crippen LogP contribution in [-0.2, 0) is 25.4 Å². The molecule has 0 aromatic heterocycles. The van der Waals surface area contributed by atoms with Gasteiger partial charge in [-0.05, 0) is 52.7 Å². The van der Waals surface area contributed by atoms with E-state index in [0.717, 1.165) is 13.0 Å². The van der Waals surface area contributed by atoms with Gasteiger partial charge in [0.2, 0.25) is 0 Å². The van der Waals surface area contributed by atoms with Gasteiger partial charge >= 0.3 is 6.72 Å². The summed E-state index contributed by atoms with van der Waals surface area (Å²) in [4.78, 5) is 2.11. The standard InChI is InChI=1S/C9H22NO3PS/c1-5-11-14(15,12-6-2)13-9-7-8-10(3)4/h5-9H2,1-4H3. The van der Waals surface area contributed by atoms with Crippen LogP contribution in [0.2, 0.25) is 0 Å². The highest BCUT2D eigenvalue weighted by Gasteiger charge is 2.18. The first-order valence-corrected chi connectivity index (χ1v) is 7.78. The highest BCUT2D eigenvalue weighted by atomic mass is 32.5. The topological polar surface area (TPSA) is 30.9 Å². The van der Waals surface area contributed by atoms with Gasteiger partial charge in [-0.1, -0.05) is 0 Å². The second-order valence-corrected chi connectivity index (χ2v) is 6.28. The zero-order valence-corrected chi connectivity index (χ0v) is 11.8. The molecule has 0 fully saturated rings. The average Bonchev–Trinajstić information content (AvgIpc) is 2.13. The molecule has 0 aromatic carbocycles. The molecule has 0 saturated carbocycles. The lowest BCUT2D eigenvalue weighted by Gasteiger charge is -2.20. The summed E-state index contributed by atoms with van der Waals surface area (Å²) >= 11 is 5.21. The van der Waals surface area contributed by atoms with E-state index < -0.39 is 6.72 Å². The van der Waals surface area contributed by atoms with Crippen molar-refractivity contribution in [3.63, 3.8) is 0 Å². The summed E-state index contributed by atoms with van der Waals surface area (Å²) < 4.78 is 16.2. The van der Waals surface area contributed by atoms with Crippen molar-refractivity contribution in [3.8, 4) is 0 Å². The zero-order chi connectivity index (χ0) is 11.7. The molecule has 0 aliphatic heterocycles. The van der Waals surface area contributed by atoms with Crippen LogP contribution in [0.1, 0.15) is 20.3 Å². The minimum absolute atomic E-state index is 0.533. The Bertz CT molecular complexity index is 192. The Labute approximate surface area is 98.1 Å². The number of hydrogen-bond acceptors (Lipinski definition) is 5. The van der Waals surface area contributed by atoms with Crippen LogP contribution in [0.4, 0.5) is 0 Å². The highest BCUT2D eigenvalue weighted by Crippen LogP contribution is 2.49. The Morgan fingerprint density at radius 1 is 1.07 bits per heavy atom. The molecule has 0 rings (SSSR count). The van der Waals surface area contributed by atoms with Gasteiger partial charge in [-0.3, -0.25) is 0 Å². The van der Waals surface area contributed by atoms with E-state index in [1.165, 1.54) is 0 Å². The van der Waals surface area contributed by atoms with Crippen molar-refractivity contribution in [2.24, 2.45) is 0 Å². The second-order valence-electron chi connectivity index (χ2n) is 3.27. The first-order chi connectivity index (χ1) is 7.04. The summed E-state index contributed by atoms with van der Waals surface area (Å²) in [5.74, 6) is 0. The summed E-state index contributed by atoms with van der Waals surface area (Å²) in [6, 6.07) is 0. The molecule has 0 radical (unpaired) electrons. The number of hydrogen-bond donors (Lipinski definition) is 0. The normalized spacial score (nSPS) is 12.3. The predicted octanol–water partition coefficient (Wildman–Crippen LogP) is 2.25. The molecule has 0 aromatic rings. The van der Waals surface area contributed by atoms with Gasteiger partial charge in [-0.15, -0.1) is 0 Å².